The van der Waals surface area contributed by atoms with Crippen molar-refractivity contribution >= 4 is 11.7 Å². The van der Waals surface area contributed by atoms with Crippen LogP contribution >= 0.6 is 0 Å². The zero-order chi connectivity index (χ0) is 16.4. The number of amides is 1. The van der Waals surface area contributed by atoms with E-state index in [1.807, 2.05) is 26.0 Å². The lowest BCUT2D eigenvalue weighted by atomic mass is 10.2. The van der Waals surface area contributed by atoms with Crippen LogP contribution in [0.25, 0.3) is 11.5 Å². The molecule has 2 aromatic rings. The highest BCUT2D eigenvalue weighted by molar-refractivity contribution is 5.94. The summed E-state index contributed by atoms with van der Waals surface area (Å²) in [6, 6.07) is 3.77. The second-order valence-corrected chi connectivity index (χ2v) is 5.72. The number of nitrogens with one attached hydrogen (secondary N) is 2. The van der Waals surface area contributed by atoms with Crippen molar-refractivity contribution in [3.05, 3.63) is 23.5 Å². The summed E-state index contributed by atoms with van der Waals surface area (Å²) in [5.41, 5.74) is 1.61. The van der Waals surface area contributed by atoms with Gasteiger partial charge in [-0.05, 0) is 32.5 Å². The van der Waals surface area contributed by atoms with Gasteiger partial charge in [0.2, 0.25) is 0 Å². The summed E-state index contributed by atoms with van der Waals surface area (Å²) < 4.78 is 11.2. The summed E-state index contributed by atoms with van der Waals surface area (Å²) >= 11 is 0. The van der Waals surface area contributed by atoms with Gasteiger partial charge in [-0.1, -0.05) is 6.92 Å². The minimum absolute atomic E-state index is 0.167. The maximum atomic E-state index is 12.4. The average Bonchev–Trinajstić information content (AvgIpc) is 3.14. The van der Waals surface area contributed by atoms with Gasteiger partial charge in [0.25, 0.3) is 5.91 Å². The fraction of sp³-hybridized carbons (Fsp3) is 0.500. The Balaban J connectivity index is 1.71. The van der Waals surface area contributed by atoms with E-state index in [0.717, 1.165) is 30.1 Å². The summed E-state index contributed by atoms with van der Waals surface area (Å²) in [6.45, 7) is 8.82. The van der Waals surface area contributed by atoms with Crippen molar-refractivity contribution in [3.8, 4) is 11.5 Å². The first kappa shape index (κ1) is 15.8. The van der Waals surface area contributed by atoms with E-state index in [1.165, 1.54) is 0 Å². The van der Waals surface area contributed by atoms with Crippen LogP contribution in [0, 0.1) is 13.8 Å². The Bertz CT molecular complexity index is 691. The third-order valence-electron chi connectivity index (χ3n) is 4.13. The van der Waals surface area contributed by atoms with Gasteiger partial charge >= 0.3 is 0 Å². The molecule has 23 heavy (non-hydrogen) atoms. The van der Waals surface area contributed by atoms with Crippen LogP contribution in [0.2, 0.25) is 0 Å². The molecule has 3 rings (SSSR count). The number of furan rings is 1. The molecule has 0 radical (unpaired) electrons. The van der Waals surface area contributed by atoms with Crippen LogP contribution in [0.5, 0.6) is 0 Å². The molecule has 1 amide bonds. The van der Waals surface area contributed by atoms with Crippen molar-refractivity contribution in [1.29, 1.82) is 0 Å². The van der Waals surface area contributed by atoms with E-state index in [4.69, 9.17) is 9.15 Å². The van der Waals surface area contributed by atoms with Crippen LogP contribution in [0.15, 0.2) is 16.5 Å². The van der Waals surface area contributed by atoms with Gasteiger partial charge in [-0.2, -0.15) is 5.10 Å². The monoisotopic (exact) mass is 318 g/mol. The molecule has 0 saturated carbocycles. The molecule has 0 spiro atoms. The molecule has 3 heterocycles. The normalized spacial score (nSPS) is 19.0. The Labute approximate surface area is 135 Å². The Morgan fingerprint density at radius 2 is 2.30 bits per heavy atom. The van der Waals surface area contributed by atoms with Crippen molar-refractivity contribution in [2.75, 3.05) is 31.6 Å². The van der Waals surface area contributed by atoms with E-state index >= 15 is 0 Å². The summed E-state index contributed by atoms with van der Waals surface area (Å²) in [5.74, 6) is 1.88. The number of hydrogen-bond acceptors (Lipinski definition) is 5. The summed E-state index contributed by atoms with van der Waals surface area (Å²) in [6.07, 6.45) is -0.464. The number of aryl methyl sites for hydroxylation is 1. The fourth-order valence-electron chi connectivity index (χ4n) is 2.67. The van der Waals surface area contributed by atoms with Crippen molar-refractivity contribution in [2.45, 2.75) is 26.9 Å². The largest absolute Gasteiger partial charge is 0.460 e. The third kappa shape index (κ3) is 3.30. The maximum Gasteiger partial charge on any atom is 0.256 e. The van der Waals surface area contributed by atoms with Gasteiger partial charge in [-0.15, -0.1) is 0 Å². The molecule has 0 bridgehead atoms. The Hall–Kier alpha value is -2.12. The first-order valence-electron chi connectivity index (χ1n) is 7.85. The van der Waals surface area contributed by atoms with Crippen LogP contribution in [-0.2, 0) is 9.53 Å². The third-order valence-corrected chi connectivity index (χ3v) is 4.13. The second kappa shape index (κ2) is 6.55. The number of H-pyrrole nitrogens is 1. The van der Waals surface area contributed by atoms with Crippen LogP contribution in [0.1, 0.15) is 18.2 Å². The Morgan fingerprint density at radius 1 is 1.48 bits per heavy atom. The molecule has 1 atom stereocenters. The summed E-state index contributed by atoms with van der Waals surface area (Å²) in [4.78, 5) is 14.6. The molecule has 2 aromatic heterocycles. The molecule has 1 aliphatic rings. The highest BCUT2D eigenvalue weighted by atomic mass is 16.5. The van der Waals surface area contributed by atoms with Crippen molar-refractivity contribution < 1.29 is 13.9 Å². The van der Waals surface area contributed by atoms with E-state index in [1.54, 1.807) is 0 Å². The molecule has 0 aliphatic carbocycles. The highest BCUT2D eigenvalue weighted by Crippen LogP contribution is 2.27. The van der Waals surface area contributed by atoms with E-state index in [2.05, 4.69) is 27.3 Å². The van der Waals surface area contributed by atoms with Crippen molar-refractivity contribution in [2.24, 2.45) is 0 Å². The number of aromatic nitrogens is 2. The predicted molar refractivity (Wildman–Crippen MR) is 86.2 cm³/mol. The number of ether oxygens (including phenoxy) is 1. The summed E-state index contributed by atoms with van der Waals surface area (Å²) in [5, 5.41) is 9.96. The molecule has 0 aromatic carbocycles. The second-order valence-electron chi connectivity index (χ2n) is 5.72. The van der Waals surface area contributed by atoms with Crippen LogP contribution in [0.3, 0.4) is 0 Å². The molecule has 7 heteroatoms. The molecular formula is C16H22N4O3. The molecule has 1 fully saturated rings. The van der Waals surface area contributed by atoms with Gasteiger partial charge in [-0.3, -0.25) is 14.8 Å². The first-order chi connectivity index (χ1) is 11.1. The topological polar surface area (TPSA) is 83.4 Å². The lowest BCUT2D eigenvalue weighted by Gasteiger charge is -2.30. The molecule has 124 valence electrons. The lowest BCUT2D eigenvalue weighted by molar-refractivity contribution is -0.132. The molecule has 2 N–H and O–H groups in total. The Kier molecular flexibility index (Phi) is 4.49. The average molecular weight is 318 g/mol. The number of morpholine rings is 1. The number of hydrogen-bond donors (Lipinski definition) is 2. The molecule has 7 nitrogen and oxygen atoms in total. The number of carbonyl (C=O) groups excluding carboxylic acids is 1. The smallest absolute Gasteiger partial charge is 0.256 e. The van der Waals surface area contributed by atoms with E-state index in [0.29, 0.717) is 24.7 Å². The SMILES string of the molecule is CCN1CCOC(C(=O)Nc2n[nH]c(-c3ccc(C)o3)c2C)C1. The van der Waals surface area contributed by atoms with Gasteiger partial charge in [-0.25, -0.2) is 0 Å². The van der Waals surface area contributed by atoms with Crippen LogP contribution in [-0.4, -0.2) is 53.3 Å². The number of anilines is 1. The van der Waals surface area contributed by atoms with Gasteiger partial charge < -0.3 is 14.5 Å². The fourth-order valence-corrected chi connectivity index (χ4v) is 2.67. The quantitative estimate of drug-likeness (QED) is 0.900. The standard InChI is InChI=1S/C16H22N4O3/c1-4-20-7-8-22-13(9-20)16(21)17-15-11(3)14(18-19-15)12-6-5-10(2)23-12/h5-6,13H,4,7-9H2,1-3H3,(H2,17,18,19,21). The van der Waals surface area contributed by atoms with Gasteiger partial charge in [0.05, 0.1) is 6.61 Å². The summed E-state index contributed by atoms with van der Waals surface area (Å²) in [7, 11) is 0. The maximum absolute atomic E-state index is 12.4. The van der Waals surface area contributed by atoms with E-state index in [-0.39, 0.29) is 5.91 Å². The van der Waals surface area contributed by atoms with Crippen LogP contribution < -0.4 is 5.32 Å². The molecule has 1 unspecified atom stereocenters. The van der Waals surface area contributed by atoms with Crippen molar-refractivity contribution in [3.63, 3.8) is 0 Å². The van der Waals surface area contributed by atoms with Gasteiger partial charge in [0.15, 0.2) is 11.6 Å². The lowest BCUT2D eigenvalue weighted by Crippen LogP contribution is -2.47. The number of carbonyl (C=O) groups is 1. The zero-order valence-corrected chi connectivity index (χ0v) is 13.7. The Morgan fingerprint density at radius 3 is 3.00 bits per heavy atom. The van der Waals surface area contributed by atoms with Crippen molar-refractivity contribution in [1.82, 2.24) is 15.1 Å². The number of nitrogens with zero attached hydrogens (tertiary/aromatic N) is 2. The van der Waals surface area contributed by atoms with E-state index < -0.39 is 6.10 Å². The molecule has 1 aliphatic heterocycles. The molecular weight excluding hydrogens is 296 g/mol. The zero-order valence-electron chi connectivity index (χ0n) is 13.7. The van der Waals surface area contributed by atoms with E-state index in [9.17, 15) is 4.79 Å². The highest BCUT2D eigenvalue weighted by Gasteiger charge is 2.27. The predicted octanol–water partition coefficient (Wildman–Crippen LogP) is 1.95. The van der Waals surface area contributed by atoms with Gasteiger partial charge in [0.1, 0.15) is 17.6 Å². The first-order valence-corrected chi connectivity index (χ1v) is 7.85. The van der Waals surface area contributed by atoms with Crippen LogP contribution in [0.4, 0.5) is 5.82 Å². The number of likely N-dealkylation sites (N-methyl/N-ethyl adjacent to an activating group) is 1. The number of aromatic amines is 1. The number of rotatable bonds is 4. The minimum atomic E-state index is -0.464. The molecule has 1 saturated heterocycles. The minimum Gasteiger partial charge on any atom is -0.460 e. The van der Waals surface area contributed by atoms with Gasteiger partial charge in [0, 0.05) is 18.7 Å².